The fourth-order valence-electron chi connectivity index (χ4n) is 3.21. The minimum absolute atomic E-state index is 0.0129. The number of hydrogen-bond acceptors (Lipinski definition) is 9. The average molecular weight is 474 g/mol. The molecule has 11 heteroatoms. The molecule has 1 amide bonds. The van der Waals surface area contributed by atoms with Crippen molar-refractivity contribution in [2.45, 2.75) is 6.10 Å². The number of hydrogen-bond donors (Lipinski definition) is 4. The van der Waals surface area contributed by atoms with E-state index in [4.69, 9.17) is 20.7 Å². The van der Waals surface area contributed by atoms with Crippen LogP contribution in [0.15, 0.2) is 82.0 Å². The maximum absolute atomic E-state index is 13.1. The van der Waals surface area contributed by atoms with E-state index in [1.807, 2.05) is 23.0 Å². The third-order valence-corrected chi connectivity index (χ3v) is 5.60. The van der Waals surface area contributed by atoms with Crippen molar-refractivity contribution >= 4 is 23.2 Å². The molecule has 0 fully saturated rings. The standard InChI is InChI=1S/C23H19N7O3S/c24-12-17-16(15-8-9-32-13-15)11-18(19-7-4-10-34-19)27-22(17)33-20(14-5-2-1-3-6-14)21(31)28-23(25)29-30-26/h1-11,13,20,30H,26H2,(H3,25,28,29,31). The minimum Gasteiger partial charge on any atom is -0.472 e. The summed E-state index contributed by atoms with van der Waals surface area (Å²) in [6.07, 6.45) is 1.84. The molecule has 4 aromatic rings. The fourth-order valence-corrected chi connectivity index (χ4v) is 3.90. The zero-order chi connectivity index (χ0) is 23.9. The zero-order valence-corrected chi connectivity index (χ0v) is 18.5. The Bertz CT molecular complexity index is 1330. The van der Waals surface area contributed by atoms with Gasteiger partial charge in [-0.1, -0.05) is 36.4 Å². The molecule has 1 atom stereocenters. The van der Waals surface area contributed by atoms with Crippen molar-refractivity contribution in [3.05, 3.63) is 83.6 Å². The molecule has 3 heterocycles. The second-order valence-corrected chi connectivity index (χ2v) is 7.81. The molecular formula is C23H19N7O3S. The predicted molar refractivity (Wildman–Crippen MR) is 127 cm³/mol. The van der Waals surface area contributed by atoms with Gasteiger partial charge in [-0.3, -0.25) is 10.1 Å². The fraction of sp³-hybridized carbons (Fsp3) is 0.0435. The smallest absolute Gasteiger partial charge is 0.272 e. The van der Waals surface area contributed by atoms with Gasteiger partial charge in [-0.15, -0.1) is 16.4 Å². The number of nitrogens with zero attached hydrogens (tertiary/aromatic N) is 3. The van der Waals surface area contributed by atoms with E-state index in [1.54, 1.807) is 42.5 Å². The molecule has 0 saturated carbocycles. The van der Waals surface area contributed by atoms with Crippen LogP contribution in [0.3, 0.4) is 0 Å². The average Bonchev–Trinajstić information content (AvgIpc) is 3.57. The summed E-state index contributed by atoms with van der Waals surface area (Å²) < 4.78 is 11.3. The van der Waals surface area contributed by atoms with E-state index >= 15 is 0 Å². The molecule has 0 radical (unpaired) electrons. The molecule has 0 aliphatic heterocycles. The number of nitrogens with two attached hydrogens (primary N) is 2. The molecule has 0 aliphatic carbocycles. The second kappa shape index (κ2) is 10.3. The number of aromatic nitrogens is 1. The molecule has 170 valence electrons. The Morgan fingerprint density at radius 3 is 2.71 bits per heavy atom. The molecule has 10 nitrogen and oxygen atoms in total. The zero-order valence-electron chi connectivity index (χ0n) is 17.6. The van der Waals surface area contributed by atoms with Crippen molar-refractivity contribution in [3.63, 3.8) is 0 Å². The van der Waals surface area contributed by atoms with E-state index in [0.717, 1.165) is 4.88 Å². The summed E-state index contributed by atoms with van der Waals surface area (Å²) in [5, 5.41) is 17.9. The first-order chi connectivity index (χ1) is 16.6. The molecule has 6 N–H and O–H groups in total. The first kappa shape index (κ1) is 22.5. The topological polar surface area (TPSA) is 165 Å². The summed E-state index contributed by atoms with van der Waals surface area (Å²) in [4.78, 5) is 18.5. The lowest BCUT2D eigenvalue weighted by Crippen LogP contribution is -2.42. The highest BCUT2D eigenvalue weighted by Gasteiger charge is 2.27. The monoisotopic (exact) mass is 473 g/mol. The Hall–Kier alpha value is -4.66. The number of carbonyl (C=O) groups excluding carboxylic acids is 1. The molecule has 3 aromatic heterocycles. The van der Waals surface area contributed by atoms with E-state index in [0.29, 0.717) is 22.4 Å². The molecule has 1 aromatic carbocycles. The lowest BCUT2D eigenvalue weighted by atomic mass is 10.0. The van der Waals surface area contributed by atoms with Crippen LogP contribution in [-0.4, -0.2) is 16.9 Å². The Morgan fingerprint density at radius 2 is 2.06 bits per heavy atom. The lowest BCUT2D eigenvalue weighted by molar-refractivity contribution is -0.126. The lowest BCUT2D eigenvalue weighted by Gasteiger charge is -2.20. The normalized spacial score (nSPS) is 11.9. The van der Waals surface area contributed by atoms with Crippen LogP contribution in [0.5, 0.6) is 5.88 Å². The largest absolute Gasteiger partial charge is 0.472 e. The van der Waals surface area contributed by atoms with Crippen LogP contribution in [0.2, 0.25) is 0 Å². The molecule has 0 spiro atoms. The number of pyridine rings is 1. The number of guanidine groups is 1. The van der Waals surface area contributed by atoms with E-state index in [1.165, 1.54) is 23.9 Å². The Morgan fingerprint density at radius 1 is 1.24 bits per heavy atom. The number of hydrazone groups is 1. The number of amides is 1. The van der Waals surface area contributed by atoms with E-state index in [-0.39, 0.29) is 17.4 Å². The van der Waals surface area contributed by atoms with Gasteiger partial charge in [-0.2, -0.15) is 5.26 Å². The summed E-state index contributed by atoms with van der Waals surface area (Å²) in [7, 11) is 0. The number of furan rings is 1. The van der Waals surface area contributed by atoms with Gasteiger partial charge in [-0.25, -0.2) is 16.4 Å². The van der Waals surface area contributed by atoms with Crippen molar-refractivity contribution in [1.82, 2.24) is 15.8 Å². The molecule has 0 aliphatic rings. The van der Waals surface area contributed by atoms with Crippen LogP contribution in [0.25, 0.3) is 21.7 Å². The van der Waals surface area contributed by atoms with Gasteiger partial charge in [0.15, 0.2) is 0 Å². The number of hydrazine groups is 1. The van der Waals surface area contributed by atoms with Crippen molar-refractivity contribution in [1.29, 1.82) is 5.26 Å². The molecule has 1 unspecified atom stereocenters. The van der Waals surface area contributed by atoms with Crippen molar-refractivity contribution in [2.24, 2.45) is 16.7 Å². The summed E-state index contributed by atoms with van der Waals surface area (Å²) in [5.41, 5.74) is 10.2. The Kier molecular flexibility index (Phi) is 6.83. The molecular weight excluding hydrogens is 454 g/mol. The highest BCUT2D eigenvalue weighted by molar-refractivity contribution is 7.13. The van der Waals surface area contributed by atoms with Crippen LogP contribution < -0.4 is 27.2 Å². The van der Waals surface area contributed by atoms with E-state index in [9.17, 15) is 10.1 Å². The van der Waals surface area contributed by atoms with Gasteiger partial charge in [0, 0.05) is 16.7 Å². The predicted octanol–water partition coefficient (Wildman–Crippen LogP) is 2.87. The van der Waals surface area contributed by atoms with Gasteiger partial charge in [0.05, 0.1) is 23.1 Å². The van der Waals surface area contributed by atoms with Crippen LogP contribution in [0.1, 0.15) is 17.2 Å². The number of benzene rings is 1. The first-order valence-corrected chi connectivity index (χ1v) is 10.8. The molecule has 34 heavy (non-hydrogen) atoms. The molecule has 4 rings (SSSR count). The van der Waals surface area contributed by atoms with Gasteiger partial charge in [-0.05, 0) is 23.6 Å². The maximum atomic E-state index is 13.1. The number of nitrogens with one attached hydrogen (secondary N) is 2. The van der Waals surface area contributed by atoms with E-state index in [2.05, 4.69) is 21.5 Å². The van der Waals surface area contributed by atoms with Gasteiger partial charge < -0.3 is 14.9 Å². The van der Waals surface area contributed by atoms with Gasteiger partial charge in [0.1, 0.15) is 11.6 Å². The summed E-state index contributed by atoms with van der Waals surface area (Å²) in [5.74, 6) is 4.24. The number of nitriles is 1. The van der Waals surface area contributed by atoms with E-state index < -0.39 is 12.0 Å². The number of thiophene rings is 1. The van der Waals surface area contributed by atoms with Crippen LogP contribution in [0.4, 0.5) is 0 Å². The number of ether oxygens (including phenoxy) is 1. The Balaban J connectivity index is 1.83. The van der Waals surface area contributed by atoms with Gasteiger partial charge in [0.25, 0.3) is 5.91 Å². The second-order valence-electron chi connectivity index (χ2n) is 6.86. The quantitative estimate of drug-likeness (QED) is 0.138. The van der Waals surface area contributed by atoms with Gasteiger partial charge in [0.2, 0.25) is 17.9 Å². The van der Waals surface area contributed by atoms with Crippen LogP contribution >= 0.6 is 11.3 Å². The first-order valence-electron chi connectivity index (χ1n) is 9.93. The Labute approximate surface area is 198 Å². The number of carbonyl (C=O) groups is 1. The summed E-state index contributed by atoms with van der Waals surface area (Å²) >= 11 is 1.48. The number of rotatable bonds is 7. The summed E-state index contributed by atoms with van der Waals surface area (Å²) in [6, 6.07) is 18.2. The molecule has 0 saturated heterocycles. The minimum atomic E-state index is -1.19. The van der Waals surface area contributed by atoms with Crippen molar-refractivity contribution in [2.75, 3.05) is 0 Å². The maximum Gasteiger partial charge on any atom is 0.272 e. The third kappa shape index (κ3) is 4.88. The van der Waals surface area contributed by atoms with Crippen LogP contribution in [0, 0.1) is 11.3 Å². The summed E-state index contributed by atoms with van der Waals surface area (Å²) in [6.45, 7) is 0. The highest BCUT2D eigenvalue weighted by atomic mass is 32.1. The third-order valence-electron chi connectivity index (χ3n) is 4.71. The van der Waals surface area contributed by atoms with Crippen molar-refractivity contribution < 1.29 is 13.9 Å². The highest BCUT2D eigenvalue weighted by Crippen LogP contribution is 2.36. The molecule has 0 bridgehead atoms. The van der Waals surface area contributed by atoms with Crippen molar-refractivity contribution in [3.8, 4) is 33.6 Å². The SMILES string of the molecule is N#Cc1c(-c2ccoc2)cc(-c2cccs2)nc1OC(C(=O)N/C(N)=N/NN)c1ccccc1. The van der Waals surface area contributed by atoms with Gasteiger partial charge >= 0.3 is 0 Å². The van der Waals surface area contributed by atoms with Crippen LogP contribution in [-0.2, 0) is 4.79 Å².